The van der Waals surface area contributed by atoms with Crippen LogP contribution in [0.2, 0.25) is 0 Å². The van der Waals surface area contributed by atoms with Crippen molar-refractivity contribution in [3.05, 3.63) is 24.8 Å². The van der Waals surface area contributed by atoms with Gasteiger partial charge in [0.15, 0.2) is 6.29 Å². The third kappa shape index (κ3) is 17.6. The number of unbranched alkanes of at least 4 members (excludes halogenated alkanes) is 10. The van der Waals surface area contributed by atoms with Crippen molar-refractivity contribution in [3.8, 4) is 0 Å². The summed E-state index contributed by atoms with van der Waals surface area (Å²) in [6, 6.07) is 0. The standard InChI is InChI=1S/C21H40O2/c1-4-7-8-9-10-11-12-13-14-15-16-17-18-19-20-21(22-5-2)23-6-3/h4,7-8,21H,1,5-6,9-20H2,2-3H3/b8-7-. The summed E-state index contributed by atoms with van der Waals surface area (Å²) in [5, 5.41) is 0. The van der Waals surface area contributed by atoms with Crippen LogP contribution in [-0.4, -0.2) is 19.5 Å². The van der Waals surface area contributed by atoms with Crippen molar-refractivity contribution in [2.45, 2.75) is 97.2 Å². The summed E-state index contributed by atoms with van der Waals surface area (Å²) in [5.74, 6) is 0. The van der Waals surface area contributed by atoms with Gasteiger partial charge in [0, 0.05) is 13.2 Å². The minimum Gasteiger partial charge on any atom is -0.353 e. The Morgan fingerprint density at radius 3 is 1.70 bits per heavy atom. The molecule has 0 radical (unpaired) electrons. The van der Waals surface area contributed by atoms with Crippen LogP contribution in [0.5, 0.6) is 0 Å². The van der Waals surface area contributed by atoms with E-state index in [1.807, 2.05) is 26.0 Å². The molecule has 23 heavy (non-hydrogen) atoms. The first-order valence-corrected chi connectivity index (χ1v) is 9.85. The molecule has 0 aliphatic carbocycles. The SMILES string of the molecule is C=C/C=C\CCCCCCCCCCCCC(OCC)OCC. The van der Waals surface area contributed by atoms with Crippen LogP contribution in [0.25, 0.3) is 0 Å². The number of rotatable bonds is 18. The quantitative estimate of drug-likeness (QED) is 0.157. The minimum absolute atomic E-state index is 0.0197. The molecular weight excluding hydrogens is 284 g/mol. The second-order valence-corrected chi connectivity index (χ2v) is 6.12. The van der Waals surface area contributed by atoms with Crippen molar-refractivity contribution in [1.29, 1.82) is 0 Å². The Morgan fingerprint density at radius 2 is 1.22 bits per heavy atom. The van der Waals surface area contributed by atoms with Gasteiger partial charge in [0.05, 0.1) is 0 Å². The Morgan fingerprint density at radius 1 is 0.739 bits per heavy atom. The third-order valence-electron chi connectivity index (χ3n) is 4.04. The molecule has 0 saturated heterocycles. The first-order chi connectivity index (χ1) is 11.3. The van der Waals surface area contributed by atoms with Gasteiger partial charge in [-0.3, -0.25) is 0 Å². The molecule has 0 aromatic heterocycles. The number of ether oxygens (including phenoxy) is 2. The summed E-state index contributed by atoms with van der Waals surface area (Å²) in [6.07, 6.45) is 22.0. The van der Waals surface area contributed by atoms with E-state index in [1.54, 1.807) is 0 Å². The van der Waals surface area contributed by atoms with Gasteiger partial charge in [0.1, 0.15) is 0 Å². The highest BCUT2D eigenvalue weighted by atomic mass is 16.7. The lowest BCUT2D eigenvalue weighted by Crippen LogP contribution is -2.17. The molecule has 0 fully saturated rings. The lowest BCUT2D eigenvalue weighted by atomic mass is 10.0. The van der Waals surface area contributed by atoms with Crippen LogP contribution in [0.1, 0.15) is 90.9 Å². The fraction of sp³-hybridized carbons (Fsp3) is 0.810. The van der Waals surface area contributed by atoms with Crippen molar-refractivity contribution in [2.75, 3.05) is 13.2 Å². The van der Waals surface area contributed by atoms with Gasteiger partial charge in [-0.2, -0.15) is 0 Å². The van der Waals surface area contributed by atoms with Gasteiger partial charge < -0.3 is 9.47 Å². The largest absolute Gasteiger partial charge is 0.353 e. The smallest absolute Gasteiger partial charge is 0.157 e. The van der Waals surface area contributed by atoms with Crippen LogP contribution in [0.3, 0.4) is 0 Å². The maximum absolute atomic E-state index is 5.56. The molecule has 0 saturated carbocycles. The van der Waals surface area contributed by atoms with Crippen LogP contribution in [0.15, 0.2) is 24.8 Å². The van der Waals surface area contributed by atoms with E-state index >= 15 is 0 Å². The van der Waals surface area contributed by atoms with Gasteiger partial charge in [-0.25, -0.2) is 0 Å². The van der Waals surface area contributed by atoms with Crippen LogP contribution in [0.4, 0.5) is 0 Å². The second kappa shape index (κ2) is 19.4. The highest BCUT2D eigenvalue weighted by Crippen LogP contribution is 2.13. The monoisotopic (exact) mass is 324 g/mol. The van der Waals surface area contributed by atoms with Gasteiger partial charge in [0.2, 0.25) is 0 Å². The Bertz CT molecular complexity index is 255. The van der Waals surface area contributed by atoms with Crippen molar-refractivity contribution in [2.24, 2.45) is 0 Å². The van der Waals surface area contributed by atoms with Gasteiger partial charge in [-0.15, -0.1) is 0 Å². The molecule has 0 atom stereocenters. The van der Waals surface area contributed by atoms with E-state index in [0.29, 0.717) is 0 Å². The Hall–Kier alpha value is -0.600. The van der Waals surface area contributed by atoms with E-state index in [0.717, 1.165) is 19.6 Å². The lowest BCUT2D eigenvalue weighted by molar-refractivity contribution is -0.140. The molecule has 0 N–H and O–H groups in total. The van der Waals surface area contributed by atoms with E-state index in [9.17, 15) is 0 Å². The topological polar surface area (TPSA) is 18.5 Å². The minimum atomic E-state index is 0.0197. The molecule has 0 aliphatic heterocycles. The first kappa shape index (κ1) is 22.4. The van der Waals surface area contributed by atoms with Crippen molar-refractivity contribution in [1.82, 2.24) is 0 Å². The van der Waals surface area contributed by atoms with E-state index in [1.165, 1.54) is 70.6 Å². The summed E-state index contributed by atoms with van der Waals surface area (Å²) < 4.78 is 11.1. The molecule has 0 aromatic carbocycles. The highest BCUT2D eigenvalue weighted by molar-refractivity contribution is 4.96. The van der Waals surface area contributed by atoms with E-state index in [-0.39, 0.29) is 6.29 Å². The van der Waals surface area contributed by atoms with E-state index < -0.39 is 0 Å². The van der Waals surface area contributed by atoms with Crippen molar-refractivity contribution < 1.29 is 9.47 Å². The molecular formula is C21H40O2. The van der Waals surface area contributed by atoms with Crippen LogP contribution >= 0.6 is 0 Å². The maximum Gasteiger partial charge on any atom is 0.157 e. The predicted octanol–water partition coefficient (Wildman–Crippen LogP) is 6.81. The molecule has 136 valence electrons. The number of allylic oxidation sites excluding steroid dienone is 3. The molecule has 0 rings (SSSR count). The van der Waals surface area contributed by atoms with Gasteiger partial charge >= 0.3 is 0 Å². The molecule has 0 aromatic rings. The summed E-state index contributed by atoms with van der Waals surface area (Å²) in [6.45, 7) is 9.23. The molecule has 0 aliphatic rings. The summed E-state index contributed by atoms with van der Waals surface area (Å²) in [4.78, 5) is 0. The fourth-order valence-corrected chi connectivity index (χ4v) is 2.77. The molecule has 0 spiro atoms. The molecule has 0 bridgehead atoms. The Balaban J connectivity index is 3.20. The van der Waals surface area contributed by atoms with Crippen molar-refractivity contribution in [3.63, 3.8) is 0 Å². The van der Waals surface area contributed by atoms with E-state index in [2.05, 4.69) is 12.7 Å². The van der Waals surface area contributed by atoms with Crippen LogP contribution in [-0.2, 0) is 9.47 Å². The summed E-state index contributed by atoms with van der Waals surface area (Å²) in [5.41, 5.74) is 0. The number of hydrogen-bond acceptors (Lipinski definition) is 2. The van der Waals surface area contributed by atoms with Gasteiger partial charge in [0.25, 0.3) is 0 Å². The Labute approximate surface area is 145 Å². The average molecular weight is 325 g/mol. The summed E-state index contributed by atoms with van der Waals surface area (Å²) >= 11 is 0. The summed E-state index contributed by atoms with van der Waals surface area (Å²) in [7, 11) is 0. The molecule has 2 nitrogen and oxygen atoms in total. The number of hydrogen-bond donors (Lipinski definition) is 0. The lowest BCUT2D eigenvalue weighted by Gasteiger charge is -2.16. The molecule has 0 unspecified atom stereocenters. The second-order valence-electron chi connectivity index (χ2n) is 6.12. The molecule has 0 heterocycles. The maximum atomic E-state index is 5.56. The van der Waals surface area contributed by atoms with Crippen LogP contribution < -0.4 is 0 Å². The van der Waals surface area contributed by atoms with Crippen molar-refractivity contribution >= 4 is 0 Å². The zero-order valence-corrected chi connectivity index (χ0v) is 15.7. The zero-order valence-electron chi connectivity index (χ0n) is 15.7. The zero-order chi connectivity index (χ0) is 17.0. The van der Waals surface area contributed by atoms with Gasteiger partial charge in [-0.05, 0) is 39.5 Å². The van der Waals surface area contributed by atoms with Crippen LogP contribution in [0, 0.1) is 0 Å². The van der Waals surface area contributed by atoms with Gasteiger partial charge in [-0.1, -0.05) is 76.2 Å². The predicted molar refractivity (Wildman–Crippen MR) is 102 cm³/mol. The first-order valence-electron chi connectivity index (χ1n) is 9.85. The average Bonchev–Trinajstić information content (AvgIpc) is 2.55. The highest BCUT2D eigenvalue weighted by Gasteiger charge is 2.06. The van der Waals surface area contributed by atoms with E-state index in [4.69, 9.17) is 9.47 Å². The Kier molecular flexibility index (Phi) is 18.9. The fourth-order valence-electron chi connectivity index (χ4n) is 2.77. The molecule has 0 amide bonds. The normalized spacial score (nSPS) is 11.6. The third-order valence-corrected chi connectivity index (χ3v) is 4.04. The molecule has 2 heteroatoms.